The minimum atomic E-state index is 0.0319. The smallest absolute Gasteiger partial charge is 0.274 e. The van der Waals surface area contributed by atoms with Gasteiger partial charge in [-0.2, -0.15) is 0 Å². The van der Waals surface area contributed by atoms with Gasteiger partial charge in [-0.15, -0.1) is 0 Å². The van der Waals surface area contributed by atoms with Crippen molar-refractivity contribution in [3.05, 3.63) is 69.2 Å². The summed E-state index contributed by atoms with van der Waals surface area (Å²) in [6.45, 7) is 5.23. The van der Waals surface area contributed by atoms with Crippen LogP contribution in [0.5, 0.6) is 0 Å². The number of aryl methyl sites for hydroxylation is 1. The van der Waals surface area contributed by atoms with Crippen molar-refractivity contribution in [2.45, 2.75) is 25.9 Å². The normalized spacial score (nSPS) is 16.1. The number of rotatable bonds is 6. The van der Waals surface area contributed by atoms with Crippen molar-refractivity contribution in [2.24, 2.45) is 13.0 Å². The Morgan fingerprint density at radius 2 is 1.90 bits per heavy atom. The van der Waals surface area contributed by atoms with Gasteiger partial charge in [-0.25, -0.2) is 0 Å². The minimum Gasteiger partial charge on any atom is -0.357 e. The maximum atomic E-state index is 12.2. The van der Waals surface area contributed by atoms with Crippen molar-refractivity contribution in [2.75, 3.05) is 26.7 Å². The average Bonchev–Trinajstić information content (AvgIpc) is 3.20. The number of nitrogens with one attached hydrogen (secondary N) is 1. The molecule has 0 atom stereocenters. The van der Waals surface area contributed by atoms with Crippen LogP contribution in [0.15, 0.2) is 47.5 Å². The first-order chi connectivity index (χ1) is 14.0. The Morgan fingerprint density at radius 3 is 2.62 bits per heavy atom. The second kappa shape index (κ2) is 8.74. The third kappa shape index (κ3) is 4.74. The fourth-order valence-electron chi connectivity index (χ4n) is 4.45. The Kier molecular flexibility index (Phi) is 6.09. The first-order valence-electron chi connectivity index (χ1n) is 10.3. The predicted molar refractivity (Wildman–Crippen MR) is 119 cm³/mol. The number of hydrogen-bond donors (Lipinski definition) is 1. The zero-order chi connectivity index (χ0) is 20.4. The van der Waals surface area contributed by atoms with Crippen LogP contribution in [0.3, 0.4) is 0 Å². The maximum Gasteiger partial charge on any atom is 0.274 e. The van der Waals surface area contributed by atoms with Crippen molar-refractivity contribution in [1.82, 2.24) is 19.4 Å². The Balaban J connectivity index is 1.31. The van der Waals surface area contributed by atoms with Gasteiger partial charge in [0, 0.05) is 49.5 Å². The van der Waals surface area contributed by atoms with Gasteiger partial charge in [0.1, 0.15) is 5.52 Å². The summed E-state index contributed by atoms with van der Waals surface area (Å²) < 4.78 is 1.68. The van der Waals surface area contributed by atoms with Crippen LogP contribution in [-0.2, 0) is 20.1 Å². The Bertz CT molecular complexity index is 1020. The van der Waals surface area contributed by atoms with Gasteiger partial charge >= 0.3 is 0 Å². The largest absolute Gasteiger partial charge is 0.357 e. The van der Waals surface area contributed by atoms with Gasteiger partial charge < -0.3 is 14.5 Å². The van der Waals surface area contributed by atoms with Gasteiger partial charge in [-0.3, -0.25) is 9.69 Å². The summed E-state index contributed by atoms with van der Waals surface area (Å²) in [5, 5.41) is 1.84. The topological polar surface area (TPSA) is 44.3 Å². The number of aromatic amines is 1. The highest BCUT2D eigenvalue weighted by atomic mass is 35.5. The Morgan fingerprint density at radius 1 is 1.17 bits per heavy atom. The number of aromatic nitrogens is 2. The number of halogens is 1. The molecule has 1 aliphatic rings. The van der Waals surface area contributed by atoms with E-state index in [9.17, 15) is 4.79 Å². The standard InChI is InChI=1S/C23H29ClN4O/c1-26(15-19-16-27(2)23(29)22-21(19)7-10-25-22)13-18-8-11-28(12-9-18)14-17-3-5-20(24)6-4-17/h3-7,10,16,18,25H,8-9,11-15H2,1-2H3. The summed E-state index contributed by atoms with van der Waals surface area (Å²) in [7, 11) is 4.01. The van der Waals surface area contributed by atoms with Crippen LogP contribution in [-0.4, -0.2) is 46.0 Å². The summed E-state index contributed by atoms with van der Waals surface area (Å²) in [5.41, 5.74) is 3.26. The molecular formula is C23H29ClN4O. The molecule has 0 unspecified atom stereocenters. The van der Waals surface area contributed by atoms with E-state index in [1.54, 1.807) is 4.57 Å². The molecule has 0 spiro atoms. The Labute approximate surface area is 176 Å². The zero-order valence-corrected chi connectivity index (χ0v) is 18.0. The van der Waals surface area contributed by atoms with Gasteiger partial charge in [0.05, 0.1) is 0 Å². The van der Waals surface area contributed by atoms with Gasteiger partial charge in [0.15, 0.2) is 0 Å². The van der Waals surface area contributed by atoms with E-state index >= 15 is 0 Å². The lowest BCUT2D eigenvalue weighted by molar-refractivity contribution is 0.147. The number of likely N-dealkylation sites (tertiary alicyclic amines) is 1. The number of H-pyrrole nitrogens is 1. The summed E-state index contributed by atoms with van der Waals surface area (Å²) in [4.78, 5) is 20.2. The lowest BCUT2D eigenvalue weighted by Gasteiger charge is -2.34. The minimum absolute atomic E-state index is 0.0319. The molecule has 1 saturated heterocycles. The average molecular weight is 413 g/mol. The lowest BCUT2D eigenvalue weighted by Crippen LogP contribution is -2.37. The van der Waals surface area contributed by atoms with Crippen molar-refractivity contribution in [1.29, 1.82) is 0 Å². The molecule has 0 amide bonds. The molecule has 0 aliphatic carbocycles. The number of piperidine rings is 1. The van der Waals surface area contributed by atoms with Gasteiger partial charge in [-0.1, -0.05) is 23.7 Å². The van der Waals surface area contributed by atoms with Crippen LogP contribution >= 0.6 is 11.6 Å². The Hall–Kier alpha value is -2.08. The van der Waals surface area contributed by atoms with E-state index < -0.39 is 0 Å². The van der Waals surface area contributed by atoms with E-state index in [2.05, 4.69) is 34.0 Å². The van der Waals surface area contributed by atoms with E-state index in [4.69, 9.17) is 11.6 Å². The first kappa shape index (κ1) is 20.2. The summed E-state index contributed by atoms with van der Waals surface area (Å²) in [6.07, 6.45) is 6.28. The molecule has 1 aromatic carbocycles. The van der Waals surface area contributed by atoms with E-state index in [1.807, 2.05) is 37.6 Å². The zero-order valence-electron chi connectivity index (χ0n) is 17.2. The molecule has 0 bridgehead atoms. The first-order valence-corrected chi connectivity index (χ1v) is 10.7. The molecule has 2 aromatic heterocycles. The van der Waals surface area contributed by atoms with Crippen molar-refractivity contribution < 1.29 is 0 Å². The second-order valence-electron chi connectivity index (χ2n) is 8.38. The molecule has 1 aliphatic heterocycles. The number of nitrogens with zero attached hydrogens (tertiary/aromatic N) is 3. The molecule has 3 heterocycles. The van der Waals surface area contributed by atoms with Crippen LogP contribution in [0.25, 0.3) is 10.9 Å². The quantitative estimate of drug-likeness (QED) is 0.668. The van der Waals surface area contributed by atoms with Gasteiger partial charge in [0.25, 0.3) is 5.56 Å². The van der Waals surface area contributed by atoms with Gasteiger partial charge in [-0.05, 0) is 68.2 Å². The van der Waals surface area contributed by atoms with E-state index in [1.165, 1.54) is 24.0 Å². The van der Waals surface area contributed by atoms with Crippen molar-refractivity contribution >= 4 is 22.5 Å². The van der Waals surface area contributed by atoms with Crippen LogP contribution in [0.2, 0.25) is 5.02 Å². The van der Waals surface area contributed by atoms with E-state index in [-0.39, 0.29) is 5.56 Å². The summed E-state index contributed by atoms with van der Waals surface area (Å²) in [5.74, 6) is 0.718. The van der Waals surface area contributed by atoms with Crippen LogP contribution < -0.4 is 5.56 Å². The lowest BCUT2D eigenvalue weighted by atomic mass is 9.95. The molecule has 1 N–H and O–H groups in total. The molecule has 5 nitrogen and oxygen atoms in total. The SMILES string of the molecule is CN(Cc1cn(C)c(=O)c2[nH]ccc12)CC1CCN(Cc2ccc(Cl)cc2)CC1. The second-order valence-corrected chi connectivity index (χ2v) is 8.82. The molecule has 3 aromatic rings. The van der Waals surface area contributed by atoms with Gasteiger partial charge in [0.2, 0.25) is 0 Å². The monoisotopic (exact) mass is 412 g/mol. The molecule has 1 fully saturated rings. The van der Waals surface area contributed by atoms with E-state index in [0.717, 1.165) is 49.1 Å². The number of benzene rings is 1. The summed E-state index contributed by atoms with van der Waals surface area (Å²) in [6, 6.07) is 10.2. The molecule has 4 rings (SSSR count). The predicted octanol–water partition coefficient (Wildman–Crippen LogP) is 3.86. The van der Waals surface area contributed by atoms with Crippen molar-refractivity contribution in [3.63, 3.8) is 0 Å². The molecule has 6 heteroatoms. The highest BCUT2D eigenvalue weighted by Crippen LogP contribution is 2.22. The molecule has 0 saturated carbocycles. The van der Waals surface area contributed by atoms with Crippen molar-refractivity contribution in [3.8, 4) is 0 Å². The molecular weight excluding hydrogens is 384 g/mol. The molecule has 29 heavy (non-hydrogen) atoms. The van der Waals surface area contributed by atoms with Crippen LogP contribution in [0.4, 0.5) is 0 Å². The van der Waals surface area contributed by atoms with E-state index in [0.29, 0.717) is 5.52 Å². The third-order valence-electron chi connectivity index (χ3n) is 6.01. The number of pyridine rings is 1. The molecule has 154 valence electrons. The fraction of sp³-hybridized carbons (Fsp3) is 0.435. The summed E-state index contributed by atoms with van der Waals surface area (Å²) >= 11 is 5.99. The maximum absolute atomic E-state index is 12.2. The third-order valence-corrected chi connectivity index (χ3v) is 6.27. The number of fused-ring (bicyclic) bond motifs is 1. The van der Waals surface area contributed by atoms with Crippen LogP contribution in [0, 0.1) is 5.92 Å². The molecule has 0 radical (unpaired) electrons. The highest BCUT2D eigenvalue weighted by Gasteiger charge is 2.21. The van der Waals surface area contributed by atoms with Crippen LogP contribution in [0.1, 0.15) is 24.0 Å². The number of hydrogen-bond acceptors (Lipinski definition) is 3. The fourth-order valence-corrected chi connectivity index (χ4v) is 4.58. The highest BCUT2D eigenvalue weighted by molar-refractivity contribution is 6.30.